The zero-order valence-corrected chi connectivity index (χ0v) is 10.9. The third-order valence-electron chi connectivity index (χ3n) is 2.48. The highest BCUT2D eigenvalue weighted by Gasteiger charge is 2.28. The lowest BCUT2D eigenvalue weighted by Gasteiger charge is -2.25. The van der Waals surface area contributed by atoms with Gasteiger partial charge in [0.2, 0.25) is 11.8 Å². The van der Waals surface area contributed by atoms with Crippen LogP contribution in [-0.4, -0.2) is 35.7 Å². The van der Waals surface area contributed by atoms with Crippen molar-refractivity contribution in [3.05, 3.63) is 28.2 Å². The van der Waals surface area contributed by atoms with Crippen molar-refractivity contribution in [2.24, 2.45) is 0 Å². The van der Waals surface area contributed by atoms with Gasteiger partial charge in [-0.25, -0.2) is 0 Å². The molecule has 1 aromatic rings. The van der Waals surface area contributed by atoms with E-state index in [2.05, 4.69) is 21.2 Å². The van der Waals surface area contributed by atoms with E-state index >= 15 is 0 Å². The van der Waals surface area contributed by atoms with Crippen molar-refractivity contribution in [1.29, 1.82) is 0 Å². The molecule has 1 aliphatic rings. The van der Waals surface area contributed by atoms with Crippen LogP contribution in [0, 0.1) is 0 Å². The molecule has 2 rings (SSSR count). The molecule has 6 nitrogen and oxygen atoms in total. The summed E-state index contributed by atoms with van der Waals surface area (Å²) in [4.78, 5) is 35.7. The number of nitrogen functional groups attached to an aromatic ring is 1. The maximum atomic E-state index is 12.2. The summed E-state index contributed by atoms with van der Waals surface area (Å²) in [6.45, 7) is -0.285. The van der Waals surface area contributed by atoms with Crippen LogP contribution in [0.2, 0.25) is 0 Å². The third-order valence-corrected chi connectivity index (χ3v) is 2.97. The van der Waals surface area contributed by atoms with E-state index in [0.717, 1.165) is 0 Å². The Labute approximate surface area is 111 Å². The molecular weight excluding hydrogens is 302 g/mol. The summed E-state index contributed by atoms with van der Waals surface area (Å²) in [5, 5.41) is 2.13. The first-order valence-electron chi connectivity index (χ1n) is 5.14. The van der Waals surface area contributed by atoms with E-state index in [0.29, 0.717) is 10.2 Å². The van der Waals surface area contributed by atoms with Gasteiger partial charge in [-0.05, 0) is 18.2 Å². The van der Waals surface area contributed by atoms with Gasteiger partial charge in [0.25, 0.3) is 5.91 Å². The molecule has 0 saturated carbocycles. The van der Waals surface area contributed by atoms with E-state index in [-0.39, 0.29) is 18.7 Å². The van der Waals surface area contributed by atoms with Gasteiger partial charge >= 0.3 is 0 Å². The summed E-state index contributed by atoms with van der Waals surface area (Å²) < 4.78 is 0.702. The topological polar surface area (TPSA) is 92.5 Å². The van der Waals surface area contributed by atoms with E-state index in [4.69, 9.17) is 5.73 Å². The summed E-state index contributed by atoms with van der Waals surface area (Å²) in [5.74, 6) is -1.42. The van der Waals surface area contributed by atoms with Gasteiger partial charge in [0, 0.05) is 10.2 Å². The van der Waals surface area contributed by atoms with Crippen LogP contribution < -0.4 is 11.1 Å². The van der Waals surface area contributed by atoms with Crippen LogP contribution in [0.4, 0.5) is 5.69 Å². The minimum Gasteiger partial charge on any atom is -0.398 e. The van der Waals surface area contributed by atoms with Crippen LogP contribution in [0.1, 0.15) is 10.4 Å². The van der Waals surface area contributed by atoms with Gasteiger partial charge in [0.15, 0.2) is 0 Å². The molecule has 0 unspecified atom stereocenters. The standard InChI is InChI=1S/C11H10BrN3O3/c12-6-1-2-8(13)7(3-6)11(18)15-4-9(16)14-10(17)5-15/h1-3H,4-5,13H2,(H,14,16,17). The molecule has 0 spiro atoms. The monoisotopic (exact) mass is 311 g/mol. The lowest BCUT2D eigenvalue weighted by Crippen LogP contribution is -2.53. The number of piperazine rings is 1. The molecule has 0 aliphatic carbocycles. The molecule has 3 amide bonds. The minimum atomic E-state index is -0.492. The van der Waals surface area contributed by atoms with Crippen molar-refractivity contribution in [3.8, 4) is 0 Å². The van der Waals surface area contributed by atoms with Gasteiger partial charge in [-0.2, -0.15) is 0 Å². The van der Waals surface area contributed by atoms with E-state index in [1.807, 2.05) is 0 Å². The van der Waals surface area contributed by atoms with Gasteiger partial charge in [0.1, 0.15) is 13.1 Å². The number of nitrogens with zero attached hydrogens (tertiary/aromatic N) is 1. The van der Waals surface area contributed by atoms with E-state index < -0.39 is 17.7 Å². The van der Waals surface area contributed by atoms with Crippen LogP contribution in [0.25, 0.3) is 0 Å². The largest absolute Gasteiger partial charge is 0.398 e. The summed E-state index contributed by atoms with van der Waals surface area (Å²) in [5.41, 5.74) is 6.29. The summed E-state index contributed by atoms with van der Waals surface area (Å²) in [6.07, 6.45) is 0. The first kappa shape index (κ1) is 12.6. The van der Waals surface area contributed by atoms with Crippen molar-refractivity contribution in [2.75, 3.05) is 18.8 Å². The predicted molar refractivity (Wildman–Crippen MR) is 67.6 cm³/mol. The van der Waals surface area contributed by atoms with Gasteiger partial charge in [0.05, 0.1) is 5.56 Å². The Bertz CT molecular complexity index is 528. The van der Waals surface area contributed by atoms with Crippen molar-refractivity contribution in [3.63, 3.8) is 0 Å². The lowest BCUT2D eigenvalue weighted by molar-refractivity contribution is -0.135. The third kappa shape index (κ3) is 2.51. The Hall–Kier alpha value is -1.89. The SMILES string of the molecule is Nc1ccc(Br)cc1C(=O)N1CC(=O)NC(=O)C1. The van der Waals surface area contributed by atoms with Crippen molar-refractivity contribution < 1.29 is 14.4 Å². The van der Waals surface area contributed by atoms with Crippen LogP contribution in [0.5, 0.6) is 0 Å². The molecule has 1 fully saturated rings. The maximum absolute atomic E-state index is 12.2. The number of halogens is 1. The quantitative estimate of drug-likeness (QED) is 0.569. The Kier molecular flexibility index (Phi) is 3.33. The average Bonchev–Trinajstić information content (AvgIpc) is 2.30. The molecule has 3 N–H and O–H groups in total. The summed E-state index contributed by atoms with van der Waals surface area (Å²) >= 11 is 3.24. The van der Waals surface area contributed by atoms with Crippen LogP contribution in [0.3, 0.4) is 0 Å². The Morgan fingerprint density at radius 1 is 1.28 bits per heavy atom. The van der Waals surface area contributed by atoms with Crippen molar-refractivity contribution in [1.82, 2.24) is 10.2 Å². The van der Waals surface area contributed by atoms with E-state index in [1.54, 1.807) is 18.2 Å². The fourth-order valence-electron chi connectivity index (χ4n) is 1.66. The number of hydrogen-bond acceptors (Lipinski definition) is 4. The second-order valence-electron chi connectivity index (χ2n) is 3.86. The summed E-state index contributed by atoms with van der Waals surface area (Å²) in [7, 11) is 0. The smallest absolute Gasteiger partial charge is 0.256 e. The first-order chi connectivity index (χ1) is 8.47. The number of carbonyl (C=O) groups excluding carboxylic acids is 3. The molecule has 7 heteroatoms. The number of anilines is 1. The second-order valence-corrected chi connectivity index (χ2v) is 4.78. The molecular formula is C11H10BrN3O3. The number of nitrogens with two attached hydrogens (primary N) is 1. The predicted octanol–water partition coefficient (Wildman–Crippen LogP) is 0.130. The molecule has 1 heterocycles. The summed E-state index contributed by atoms with van der Waals surface area (Å²) in [6, 6.07) is 4.86. The Morgan fingerprint density at radius 2 is 1.89 bits per heavy atom. The maximum Gasteiger partial charge on any atom is 0.256 e. The lowest BCUT2D eigenvalue weighted by atomic mass is 10.1. The molecule has 0 radical (unpaired) electrons. The van der Waals surface area contributed by atoms with Gasteiger partial charge in [-0.1, -0.05) is 15.9 Å². The van der Waals surface area contributed by atoms with Crippen molar-refractivity contribution in [2.45, 2.75) is 0 Å². The van der Waals surface area contributed by atoms with Gasteiger partial charge in [-0.15, -0.1) is 0 Å². The normalized spacial score (nSPS) is 15.5. The number of imide groups is 1. The average molecular weight is 312 g/mol. The number of amides is 3. The Morgan fingerprint density at radius 3 is 2.50 bits per heavy atom. The highest BCUT2D eigenvalue weighted by molar-refractivity contribution is 9.10. The fraction of sp³-hybridized carbons (Fsp3) is 0.182. The van der Waals surface area contributed by atoms with Gasteiger partial charge < -0.3 is 10.6 Å². The zero-order valence-electron chi connectivity index (χ0n) is 9.27. The molecule has 94 valence electrons. The second kappa shape index (κ2) is 4.77. The van der Waals surface area contributed by atoms with Crippen molar-refractivity contribution >= 4 is 39.3 Å². The molecule has 1 saturated heterocycles. The molecule has 18 heavy (non-hydrogen) atoms. The van der Waals surface area contributed by atoms with E-state index in [9.17, 15) is 14.4 Å². The first-order valence-corrected chi connectivity index (χ1v) is 5.93. The number of benzene rings is 1. The Balaban J connectivity index is 2.28. The number of rotatable bonds is 1. The van der Waals surface area contributed by atoms with Crippen LogP contribution >= 0.6 is 15.9 Å². The molecule has 0 atom stereocenters. The molecule has 0 aromatic heterocycles. The highest BCUT2D eigenvalue weighted by atomic mass is 79.9. The number of nitrogens with one attached hydrogen (secondary N) is 1. The molecule has 1 aliphatic heterocycles. The van der Waals surface area contributed by atoms with E-state index in [1.165, 1.54) is 4.90 Å². The van der Waals surface area contributed by atoms with Crippen LogP contribution in [-0.2, 0) is 9.59 Å². The highest BCUT2D eigenvalue weighted by Crippen LogP contribution is 2.20. The minimum absolute atomic E-state index is 0.142. The van der Waals surface area contributed by atoms with Crippen LogP contribution in [0.15, 0.2) is 22.7 Å². The molecule has 0 bridgehead atoms. The zero-order chi connectivity index (χ0) is 13.3. The van der Waals surface area contributed by atoms with Gasteiger partial charge in [-0.3, -0.25) is 19.7 Å². The number of hydrogen-bond donors (Lipinski definition) is 2. The fourth-order valence-corrected chi connectivity index (χ4v) is 2.03. The molecule has 1 aromatic carbocycles. The number of carbonyl (C=O) groups is 3.